The maximum atomic E-state index is 9.35. The molecule has 0 aliphatic carbocycles. The van der Waals surface area contributed by atoms with E-state index in [0.29, 0.717) is 30.4 Å². The highest BCUT2D eigenvalue weighted by Gasteiger charge is 2.36. The third kappa shape index (κ3) is 2.77. The van der Waals surface area contributed by atoms with E-state index in [9.17, 15) is 5.11 Å². The fourth-order valence-electron chi connectivity index (χ4n) is 3.81. The molecule has 140 valence electrons. The highest BCUT2D eigenvalue weighted by Crippen LogP contribution is 2.33. The van der Waals surface area contributed by atoms with Gasteiger partial charge in [-0.2, -0.15) is 10.1 Å². The molecule has 27 heavy (non-hydrogen) atoms. The average molecular weight is 368 g/mol. The zero-order valence-electron chi connectivity index (χ0n) is 14.7. The van der Waals surface area contributed by atoms with Crippen molar-refractivity contribution < 1.29 is 9.84 Å². The van der Waals surface area contributed by atoms with E-state index >= 15 is 0 Å². The van der Waals surface area contributed by atoms with Crippen LogP contribution in [-0.2, 0) is 11.3 Å². The van der Waals surface area contributed by atoms with Gasteiger partial charge in [0.05, 0.1) is 49.2 Å². The van der Waals surface area contributed by atoms with Crippen LogP contribution in [0.1, 0.15) is 12.8 Å². The Labute approximate surface area is 155 Å². The number of fused-ring (bicyclic) bond motifs is 4. The highest BCUT2D eigenvalue weighted by atomic mass is 16.5. The summed E-state index contributed by atoms with van der Waals surface area (Å²) in [6, 6.07) is 0.275. The van der Waals surface area contributed by atoms with E-state index in [0.717, 1.165) is 30.3 Å². The molecule has 3 aromatic heterocycles. The Kier molecular flexibility index (Phi) is 3.87. The normalized spacial score (nSPS) is 21.9. The van der Waals surface area contributed by atoms with E-state index in [1.165, 1.54) is 0 Å². The molecule has 0 spiro atoms. The molecule has 10 heteroatoms. The molecule has 0 aromatic carbocycles. The van der Waals surface area contributed by atoms with Crippen molar-refractivity contribution in [1.29, 1.82) is 0 Å². The Bertz CT molecular complexity index is 965. The molecule has 3 aromatic rings. The molecule has 3 N–H and O–H groups in total. The number of aliphatic hydroxyl groups excluding tert-OH is 1. The third-order valence-electron chi connectivity index (χ3n) is 5.19. The van der Waals surface area contributed by atoms with Crippen molar-refractivity contribution in [3.63, 3.8) is 0 Å². The first-order valence-electron chi connectivity index (χ1n) is 9.03. The lowest BCUT2D eigenvalue weighted by Gasteiger charge is -2.45. The molecule has 3 aliphatic heterocycles. The van der Waals surface area contributed by atoms with Gasteiger partial charge in [-0.15, -0.1) is 0 Å². The van der Waals surface area contributed by atoms with Crippen molar-refractivity contribution in [1.82, 2.24) is 29.7 Å². The first-order valence-corrected chi connectivity index (χ1v) is 9.03. The minimum atomic E-state index is -0.0152. The number of aromatic nitrogens is 6. The van der Waals surface area contributed by atoms with Crippen LogP contribution < -0.4 is 10.6 Å². The maximum Gasteiger partial charge on any atom is 0.228 e. The second-order valence-electron chi connectivity index (χ2n) is 6.87. The summed E-state index contributed by atoms with van der Waals surface area (Å²) in [6.07, 6.45) is 7.39. The lowest BCUT2D eigenvalue weighted by Crippen LogP contribution is -2.55. The zero-order chi connectivity index (χ0) is 18.4. The first-order chi connectivity index (χ1) is 13.2. The Morgan fingerprint density at radius 1 is 1.19 bits per heavy atom. The average Bonchev–Trinajstić information content (AvgIpc) is 3.12. The molecule has 3 saturated heterocycles. The SMILES string of the molecule is Nc1ncc(-c2nc(N3CC4CCC3CO4)nc3c2cnn3CCO)cn1. The van der Waals surface area contributed by atoms with Crippen LogP contribution in [0.15, 0.2) is 18.6 Å². The number of morpholine rings is 1. The number of piperidine rings is 1. The van der Waals surface area contributed by atoms with Crippen LogP contribution in [0.25, 0.3) is 22.3 Å². The van der Waals surface area contributed by atoms with Crippen molar-refractivity contribution >= 4 is 22.9 Å². The summed E-state index contributed by atoms with van der Waals surface area (Å²) in [7, 11) is 0. The molecule has 3 aliphatic rings. The second-order valence-corrected chi connectivity index (χ2v) is 6.87. The number of hydrogen-bond donors (Lipinski definition) is 2. The number of nitrogens with two attached hydrogens (primary N) is 1. The second kappa shape index (κ2) is 6.39. The van der Waals surface area contributed by atoms with E-state index in [1.54, 1.807) is 23.3 Å². The minimum Gasteiger partial charge on any atom is -0.394 e. The van der Waals surface area contributed by atoms with Crippen molar-refractivity contribution in [3.8, 4) is 11.3 Å². The number of nitrogen functional groups attached to an aromatic ring is 1. The van der Waals surface area contributed by atoms with Gasteiger partial charge in [0.25, 0.3) is 0 Å². The summed E-state index contributed by atoms with van der Waals surface area (Å²) in [5.41, 5.74) is 7.77. The summed E-state index contributed by atoms with van der Waals surface area (Å²) in [5, 5.41) is 14.5. The quantitative estimate of drug-likeness (QED) is 0.664. The van der Waals surface area contributed by atoms with Gasteiger partial charge in [-0.05, 0) is 12.8 Å². The summed E-state index contributed by atoms with van der Waals surface area (Å²) in [4.78, 5) is 20.0. The molecule has 0 amide bonds. The Balaban J connectivity index is 1.67. The fraction of sp³-hybridized carbons (Fsp3) is 0.471. The molecular weight excluding hydrogens is 348 g/mol. The summed E-state index contributed by atoms with van der Waals surface area (Å²) < 4.78 is 7.51. The fourth-order valence-corrected chi connectivity index (χ4v) is 3.81. The van der Waals surface area contributed by atoms with Gasteiger partial charge in [-0.25, -0.2) is 19.6 Å². The molecule has 2 bridgehead atoms. The van der Waals surface area contributed by atoms with E-state index in [4.69, 9.17) is 20.4 Å². The highest BCUT2D eigenvalue weighted by molar-refractivity contribution is 5.90. The molecular formula is C17H20N8O2. The molecule has 2 unspecified atom stereocenters. The van der Waals surface area contributed by atoms with Crippen molar-refractivity contribution in [3.05, 3.63) is 18.6 Å². The molecule has 3 fully saturated rings. The summed E-state index contributed by atoms with van der Waals surface area (Å²) >= 11 is 0. The van der Waals surface area contributed by atoms with Crippen LogP contribution in [0.4, 0.5) is 11.9 Å². The zero-order valence-corrected chi connectivity index (χ0v) is 14.7. The maximum absolute atomic E-state index is 9.35. The van der Waals surface area contributed by atoms with Gasteiger partial charge in [-0.1, -0.05) is 0 Å². The van der Waals surface area contributed by atoms with Gasteiger partial charge >= 0.3 is 0 Å². The van der Waals surface area contributed by atoms with Gasteiger partial charge in [0.15, 0.2) is 5.65 Å². The van der Waals surface area contributed by atoms with Gasteiger partial charge in [-0.3, -0.25) is 0 Å². The Morgan fingerprint density at radius 3 is 2.70 bits per heavy atom. The van der Waals surface area contributed by atoms with E-state index in [2.05, 4.69) is 20.0 Å². The molecule has 6 rings (SSSR count). The van der Waals surface area contributed by atoms with Crippen molar-refractivity contribution in [2.75, 3.05) is 30.4 Å². The lowest BCUT2D eigenvalue weighted by atomic mass is 9.97. The lowest BCUT2D eigenvalue weighted by molar-refractivity contribution is -0.0231. The van der Waals surface area contributed by atoms with Gasteiger partial charge in [0.1, 0.15) is 0 Å². The molecule has 0 radical (unpaired) electrons. The number of aliphatic hydroxyl groups is 1. The molecule has 0 saturated carbocycles. The molecule has 6 heterocycles. The first kappa shape index (κ1) is 16.3. The number of hydrogen-bond acceptors (Lipinski definition) is 9. The van der Waals surface area contributed by atoms with Crippen LogP contribution >= 0.6 is 0 Å². The predicted molar refractivity (Wildman–Crippen MR) is 98.0 cm³/mol. The Morgan fingerprint density at radius 2 is 2.04 bits per heavy atom. The standard InChI is InChI=1S/C17H20N8O2/c18-16-19-5-10(6-20-16)14-13-7-21-25(3-4-26)15(13)23-17(22-14)24-8-12-2-1-11(24)9-27-12/h5-7,11-12,26H,1-4,8-9H2,(H2,18,19,20). The molecule has 2 atom stereocenters. The number of nitrogens with zero attached hydrogens (tertiary/aromatic N) is 7. The number of ether oxygens (including phenoxy) is 1. The topological polar surface area (TPSA) is 128 Å². The van der Waals surface area contributed by atoms with E-state index < -0.39 is 0 Å². The van der Waals surface area contributed by atoms with Crippen LogP contribution in [0.2, 0.25) is 0 Å². The Hall–Kier alpha value is -2.85. The van der Waals surface area contributed by atoms with Gasteiger partial charge in [0, 0.05) is 24.5 Å². The van der Waals surface area contributed by atoms with Crippen LogP contribution in [0, 0.1) is 0 Å². The van der Waals surface area contributed by atoms with Gasteiger partial charge < -0.3 is 20.5 Å². The number of rotatable bonds is 4. The van der Waals surface area contributed by atoms with Crippen molar-refractivity contribution in [2.45, 2.75) is 31.5 Å². The van der Waals surface area contributed by atoms with Crippen LogP contribution in [-0.4, -0.2) is 66.7 Å². The van der Waals surface area contributed by atoms with Crippen LogP contribution in [0.5, 0.6) is 0 Å². The summed E-state index contributed by atoms with van der Waals surface area (Å²) in [6.45, 7) is 1.83. The van der Waals surface area contributed by atoms with Crippen molar-refractivity contribution in [2.24, 2.45) is 0 Å². The van der Waals surface area contributed by atoms with Crippen LogP contribution in [0.3, 0.4) is 0 Å². The van der Waals surface area contributed by atoms with E-state index in [-0.39, 0.29) is 24.7 Å². The van der Waals surface area contributed by atoms with Gasteiger partial charge in [0.2, 0.25) is 11.9 Å². The predicted octanol–water partition coefficient (Wildman–Crippen LogP) is 0.225. The number of anilines is 2. The molecule has 10 nitrogen and oxygen atoms in total. The monoisotopic (exact) mass is 368 g/mol. The summed E-state index contributed by atoms with van der Waals surface area (Å²) in [5.74, 6) is 0.859. The third-order valence-corrected chi connectivity index (χ3v) is 5.19. The minimum absolute atomic E-state index is 0.0152. The smallest absolute Gasteiger partial charge is 0.228 e. The largest absolute Gasteiger partial charge is 0.394 e. The van der Waals surface area contributed by atoms with E-state index in [1.807, 2.05) is 0 Å².